The molecule has 0 saturated heterocycles. The number of rotatable bonds is 4. The van der Waals surface area contributed by atoms with Crippen LogP contribution in [0.4, 0.5) is 4.79 Å². The van der Waals surface area contributed by atoms with Crippen molar-refractivity contribution in [1.82, 2.24) is 10.4 Å². The summed E-state index contributed by atoms with van der Waals surface area (Å²) in [5.41, 5.74) is 1.91. The van der Waals surface area contributed by atoms with Crippen molar-refractivity contribution in [3.63, 3.8) is 0 Å². The fraction of sp³-hybridized carbons (Fsp3) is 0.600. The quantitative estimate of drug-likeness (QED) is 0.265. The Hall–Kier alpha value is -0.476. The summed E-state index contributed by atoms with van der Waals surface area (Å²) in [5, 5.41) is 11.2. The topological polar surface area (TPSA) is 108 Å². The van der Waals surface area contributed by atoms with E-state index in [9.17, 15) is 4.79 Å². The molecular formula is C5H11N5NiOS. The van der Waals surface area contributed by atoms with Gasteiger partial charge in [0.05, 0.1) is 0 Å². The summed E-state index contributed by atoms with van der Waals surface area (Å²) < 4.78 is 0. The first-order valence-corrected chi connectivity index (χ1v) is 5.71. The first-order chi connectivity index (χ1) is 6.11. The first-order valence-electron chi connectivity index (χ1n) is 3.27. The Labute approximate surface area is 85.9 Å². The van der Waals surface area contributed by atoms with Gasteiger partial charge in [0.15, 0.2) is 0 Å². The van der Waals surface area contributed by atoms with E-state index in [0.717, 1.165) is 18.4 Å². The van der Waals surface area contributed by atoms with Crippen molar-refractivity contribution in [3.05, 3.63) is 0 Å². The van der Waals surface area contributed by atoms with Crippen molar-refractivity contribution in [2.24, 2.45) is 11.7 Å². The number of urea groups is 1. The van der Waals surface area contributed by atoms with Gasteiger partial charge in [-0.15, -0.1) is 0 Å². The molecule has 0 aliphatic heterocycles. The van der Waals surface area contributed by atoms with Gasteiger partial charge in [0, 0.05) is 0 Å². The maximum atomic E-state index is 10.8. The molecule has 1 unspecified atom stereocenters. The summed E-state index contributed by atoms with van der Waals surface area (Å²) >= 11 is 0.888. The molecule has 0 aliphatic rings. The van der Waals surface area contributed by atoms with E-state index in [-0.39, 0.29) is 5.25 Å². The van der Waals surface area contributed by atoms with Crippen LogP contribution >= 0.6 is 10.3 Å². The zero-order valence-corrected chi connectivity index (χ0v) is 8.77. The van der Waals surface area contributed by atoms with Crippen LogP contribution in [0.5, 0.6) is 0 Å². The number of hydrazine groups is 2. The summed E-state index contributed by atoms with van der Waals surface area (Å²) in [7, 11) is 1.37. The summed E-state index contributed by atoms with van der Waals surface area (Å²) in [6, 6.07) is -0.545. The van der Waals surface area contributed by atoms with E-state index in [0.29, 0.717) is 6.54 Å². The number of nitrogens with one attached hydrogen (secondary N) is 1. The minimum absolute atomic E-state index is 0.0851. The van der Waals surface area contributed by atoms with Crippen molar-refractivity contribution < 1.29 is 18.1 Å². The molecule has 0 spiro atoms. The van der Waals surface area contributed by atoms with E-state index in [2.05, 4.69) is 0 Å². The molecule has 0 fully saturated rings. The van der Waals surface area contributed by atoms with Gasteiger partial charge >= 0.3 is 85.6 Å². The Morgan fingerprint density at radius 1 is 1.92 bits per heavy atom. The summed E-state index contributed by atoms with van der Waals surface area (Å²) in [5.74, 6) is 10.2. The summed E-state index contributed by atoms with van der Waals surface area (Å²) in [6.07, 6.45) is 0. The second-order valence-electron chi connectivity index (χ2n) is 2.12. The van der Waals surface area contributed by atoms with Crippen LogP contribution in [0.25, 0.3) is 0 Å². The van der Waals surface area contributed by atoms with Gasteiger partial charge in [-0.05, 0) is 0 Å². The van der Waals surface area contributed by atoms with Crippen LogP contribution in [-0.4, -0.2) is 22.8 Å². The average Bonchev–Trinajstić information content (AvgIpc) is 2.13. The van der Waals surface area contributed by atoms with E-state index in [1.807, 2.05) is 17.4 Å². The Bertz CT molecular complexity index is 208. The molecule has 1 atom stereocenters. The minimum atomic E-state index is -0.545. The summed E-state index contributed by atoms with van der Waals surface area (Å²) in [6.45, 7) is 2.21. The summed E-state index contributed by atoms with van der Waals surface area (Å²) in [4.78, 5) is 10.8. The normalized spacial score (nSPS) is 11.8. The zero-order chi connectivity index (χ0) is 10.3. The van der Waals surface area contributed by atoms with E-state index in [1.54, 1.807) is 0 Å². The van der Waals surface area contributed by atoms with Crippen LogP contribution in [0.3, 0.4) is 0 Å². The molecule has 78 valence electrons. The van der Waals surface area contributed by atoms with Crippen LogP contribution in [0, 0.1) is 10.3 Å². The molecule has 6 nitrogen and oxygen atoms in total. The van der Waals surface area contributed by atoms with Crippen LogP contribution in [-0.2, 0) is 13.3 Å². The third-order valence-corrected chi connectivity index (χ3v) is 3.38. The van der Waals surface area contributed by atoms with Crippen LogP contribution in [0.15, 0.2) is 0 Å². The predicted octanol–water partition coefficient (Wildman–Crippen LogP) is -0.654. The molecule has 0 saturated carbocycles. The molecule has 8 heteroatoms. The molecule has 5 N–H and O–H groups in total. The standard InChI is InChI=1S/C4H12N4OS.CN.Ni/c1-3(10)2-8(6)4(9)7-5;1-2;/h3,10H,2,5-6H2,1H3,(H,7,9);;/q;;+1/p-1. The number of nitrogens with zero attached hydrogens (tertiary/aromatic N) is 2. The third kappa shape index (κ3) is 5.71. The number of hydrogen-bond acceptors (Lipinski definition) is 5. The zero-order valence-electron chi connectivity index (χ0n) is 6.97. The molecule has 0 rings (SSSR count). The second kappa shape index (κ2) is 6.98. The number of hydrogen-bond donors (Lipinski definition) is 3. The van der Waals surface area contributed by atoms with Gasteiger partial charge in [0.25, 0.3) is 0 Å². The van der Waals surface area contributed by atoms with Gasteiger partial charge in [-0.2, -0.15) is 0 Å². The van der Waals surface area contributed by atoms with Gasteiger partial charge in [-0.25, -0.2) is 0 Å². The van der Waals surface area contributed by atoms with Gasteiger partial charge in [0.1, 0.15) is 0 Å². The van der Waals surface area contributed by atoms with Crippen molar-refractivity contribution in [3.8, 4) is 5.04 Å². The van der Waals surface area contributed by atoms with Gasteiger partial charge < -0.3 is 0 Å². The van der Waals surface area contributed by atoms with E-state index in [1.165, 1.54) is 10.3 Å². The molecule has 0 bridgehead atoms. The third-order valence-electron chi connectivity index (χ3n) is 1.03. The molecular weight excluding hydrogens is 237 g/mol. The van der Waals surface area contributed by atoms with Crippen molar-refractivity contribution in [1.29, 1.82) is 5.26 Å². The monoisotopic (exact) mass is 247 g/mol. The predicted molar refractivity (Wildman–Crippen MR) is 46.3 cm³/mol. The SMILES string of the molecule is CC(CN(N)C(=O)NN)[S][Ni][C]#N. The van der Waals surface area contributed by atoms with E-state index >= 15 is 0 Å². The Morgan fingerprint density at radius 3 is 3.00 bits per heavy atom. The number of carbonyl (C=O) groups is 1. The molecule has 0 aliphatic carbocycles. The van der Waals surface area contributed by atoms with E-state index < -0.39 is 6.03 Å². The molecule has 13 heavy (non-hydrogen) atoms. The Balaban J connectivity index is 3.72. The van der Waals surface area contributed by atoms with Crippen LogP contribution < -0.4 is 17.1 Å². The van der Waals surface area contributed by atoms with Crippen LogP contribution in [0.1, 0.15) is 6.92 Å². The van der Waals surface area contributed by atoms with Gasteiger partial charge in [-0.3, -0.25) is 0 Å². The number of nitriles is 1. The maximum absolute atomic E-state index is 10.8. The number of nitrogens with two attached hydrogens (primary N) is 2. The van der Waals surface area contributed by atoms with Crippen LogP contribution in [0.2, 0.25) is 0 Å². The van der Waals surface area contributed by atoms with Gasteiger partial charge in [0.2, 0.25) is 0 Å². The molecule has 0 heterocycles. The molecule has 0 radical (unpaired) electrons. The second-order valence-corrected chi connectivity index (χ2v) is 4.73. The molecule has 2 amide bonds. The van der Waals surface area contributed by atoms with Crippen molar-refractivity contribution >= 4 is 16.3 Å². The molecule has 0 aromatic heterocycles. The van der Waals surface area contributed by atoms with Crippen molar-refractivity contribution in [2.75, 3.05) is 6.54 Å². The molecule has 0 aromatic rings. The Kier molecular flexibility index (Phi) is 6.72. The van der Waals surface area contributed by atoms with Gasteiger partial charge in [-0.1, -0.05) is 0 Å². The number of amides is 2. The van der Waals surface area contributed by atoms with Crippen molar-refractivity contribution in [2.45, 2.75) is 12.2 Å². The van der Waals surface area contributed by atoms with E-state index in [4.69, 9.17) is 16.9 Å². The number of carbonyl (C=O) groups excluding carboxylic acids is 1. The average molecular weight is 248 g/mol. The fourth-order valence-corrected chi connectivity index (χ4v) is 1.89. The first kappa shape index (κ1) is 12.5. The fourth-order valence-electron chi connectivity index (χ4n) is 0.547. The Morgan fingerprint density at radius 2 is 2.54 bits per heavy atom. The molecule has 0 aromatic carbocycles.